The number of hydrogen-bond donors (Lipinski definition) is 2. The molecule has 0 saturated carbocycles. The summed E-state index contributed by atoms with van der Waals surface area (Å²) in [6.07, 6.45) is 6.34. The topological polar surface area (TPSA) is 54.0 Å². The Bertz CT molecular complexity index is 585. The first kappa shape index (κ1) is 12.1. The average molecular weight is 255 g/mol. The highest BCUT2D eigenvalue weighted by Crippen LogP contribution is 2.22. The highest BCUT2D eigenvalue weighted by atomic mass is 16.1. The minimum atomic E-state index is 0.0655. The van der Waals surface area contributed by atoms with Gasteiger partial charge in [0.25, 0.3) is 0 Å². The van der Waals surface area contributed by atoms with Gasteiger partial charge in [0.05, 0.1) is 5.69 Å². The summed E-state index contributed by atoms with van der Waals surface area (Å²) in [7, 11) is 0. The molecule has 3 rings (SSSR count). The number of fused-ring (bicyclic) bond motifs is 1. The SMILES string of the molecule is O=C(CC1CCCN1)Nc1cccc2ccncc12. The maximum atomic E-state index is 12.0. The third-order valence-corrected chi connectivity index (χ3v) is 3.55. The summed E-state index contributed by atoms with van der Waals surface area (Å²) in [4.78, 5) is 16.2. The molecule has 1 atom stereocenters. The fourth-order valence-electron chi connectivity index (χ4n) is 2.58. The van der Waals surface area contributed by atoms with Crippen molar-refractivity contribution in [1.82, 2.24) is 10.3 Å². The van der Waals surface area contributed by atoms with Crippen LogP contribution in [0.4, 0.5) is 5.69 Å². The van der Waals surface area contributed by atoms with Crippen molar-refractivity contribution >= 4 is 22.4 Å². The zero-order valence-electron chi connectivity index (χ0n) is 10.7. The van der Waals surface area contributed by atoms with Crippen LogP contribution in [-0.4, -0.2) is 23.5 Å². The Morgan fingerprint density at radius 3 is 3.21 bits per heavy atom. The molecule has 4 heteroatoms. The molecule has 0 bridgehead atoms. The fourth-order valence-corrected chi connectivity index (χ4v) is 2.58. The number of pyridine rings is 1. The largest absolute Gasteiger partial charge is 0.325 e. The number of amides is 1. The number of benzene rings is 1. The van der Waals surface area contributed by atoms with E-state index in [-0.39, 0.29) is 5.91 Å². The van der Waals surface area contributed by atoms with Gasteiger partial charge in [-0.3, -0.25) is 9.78 Å². The normalized spacial score (nSPS) is 18.6. The number of carbonyl (C=O) groups excluding carboxylic acids is 1. The molecule has 2 heterocycles. The second kappa shape index (κ2) is 5.36. The predicted molar refractivity (Wildman–Crippen MR) is 76.0 cm³/mol. The Labute approximate surface area is 112 Å². The van der Waals surface area contributed by atoms with Crippen LogP contribution in [0.1, 0.15) is 19.3 Å². The Kier molecular flexibility index (Phi) is 3.42. The molecule has 1 aromatic heterocycles. The van der Waals surface area contributed by atoms with Crippen molar-refractivity contribution in [1.29, 1.82) is 0 Å². The first-order chi connectivity index (χ1) is 9.33. The zero-order valence-corrected chi connectivity index (χ0v) is 10.7. The monoisotopic (exact) mass is 255 g/mol. The third-order valence-electron chi connectivity index (χ3n) is 3.55. The van der Waals surface area contributed by atoms with E-state index < -0.39 is 0 Å². The van der Waals surface area contributed by atoms with E-state index in [1.165, 1.54) is 0 Å². The highest BCUT2D eigenvalue weighted by Gasteiger charge is 2.17. The van der Waals surface area contributed by atoms with Crippen molar-refractivity contribution in [2.24, 2.45) is 0 Å². The first-order valence-electron chi connectivity index (χ1n) is 6.69. The standard InChI is InChI=1S/C15H17N3O/c19-15(9-12-4-2-7-17-12)18-14-5-1-3-11-6-8-16-10-13(11)14/h1,3,5-6,8,10,12,17H,2,4,7,9H2,(H,18,19). The number of aromatic nitrogens is 1. The molecule has 0 radical (unpaired) electrons. The molecule has 0 aliphatic carbocycles. The van der Waals surface area contributed by atoms with E-state index in [0.717, 1.165) is 35.8 Å². The summed E-state index contributed by atoms with van der Waals surface area (Å²) >= 11 is 0. The second-order valence-electron chi connectivity index (χ2n) is 4.95. The van der Waals surface area contributed by atoms with Crippen LogP contribution in [0.15, 0.2) is 36.7 Å². The summed E-state index contributed by atoms with van der Waals surface area (Å²) in [5.74, 6) is 0.0655. The van der Waals surface area contributed by atoms with Gasteiger partial charge in [-0.15, -0.1) is 0 Å². The third kappa shape index (κ3) is 2.74. The molecule has 1 saturated heterocycles. The number of hydrogen-bond acceptors (Lipinski definition) is 3. The average Bonchev–Trinajstić information content (AvgIpc) is 2.92. The lowest BCUT2D eigenvalue weighted by Crippen LogP contribution is -2.27. The van der Waals surface area contributed by atoms with Crippen LogP contribution in [-0.2, 0) is 4.79 Å². The molecule has 1 aromatic carbocycles. The number of rotatable bonds is 3. The Morgan fingerprint density at radius 1 is 1.42 bits per heavy atom. The predicted octanol–water partition coefficient (Wildman–Crippen LogP) is 2.32. The van der Waals surface area contributed by atoms with E-state index in [9.17, 15) is 4.79 Å². The smallest absolute Gasteiger partial charge is 0.225 e. The maximum absolute atomic E-state index is 12.0. The van der Waals surface area contributed by atoms with Crippen molar-refractivity contribution in [3.63, 3.8) is 0 Å². The van der Waals surface area contributed by atoms with Gasteiger partial charge in [-0.1, -0.05) is 12.1 Å². The first-order valence-corrected chi connectivity index (χ1v) is 6.69. The van der Waals surface area contributed by atoms with E-state index in [4.69, 9.17) is 0 Å². The van der Waals surface area contributed by atoms with Crippen LogP contribution < -0.4 is 10.6 Å². The number of nitrogens with zero attached hydrogens (tertiary/aromatic N) is 1. The highest BCUT2D eigenvalue weighted by molar-refractivity contribution is 6.01. The Balaban J connectivity index is 1.75. The Morgan fingerprint density at radius 2 is 2.37 bits per heavy atom. The fraction of sp³-hybridized carbons (Fsp3) is 0.333. The van der Waals surface area contributed by atoms with Gasteiger partial charge in [-0.25, -0.2) is 0 Å². The van der Waals surface area contributed by atoms with E-state index in [0.29, 0.717) is 12.5 Å². The molecule has 1 unspecified atom stereocenters. The summed E-state index contributed by atoms with van der Waals surface area (Å²) in [5.41, 5.74) is 0.841. The van der Waals surface area contributed by atoms with Crippen LogP contribution >= 0.6 is 0 Å². The van der Waals surface area contributed by atoms with Crippen LogP contribution in [0.5, 0.6) is 0 Å². The molecule has 19 heavy (non-hydrogen) atoms. The number of anilines is 1. The Hall–Kier alpha value is -1.94. The van der Waals surface area contributed by atoms with Crippen LogP contribution in [0, 0.1) is 0 Å². The lowest BCUT2D eigenvalue weighted by Gasteiger charge is -2.11. The molecule has 98 valence electrons. The lowest BCUT2D eigenvalue weighted by molar-refractivity contribution is -0.116. The summed E-state index contributed by atoms with van der Waals surface area (Å²) in [5, 5.41) is 8.40. The molecule has 2 N–H and O–H groups in total. The minimum Gasteiger partial charge on any atom is -0.325 e. The molecule has 1 amide bonds. The van der Waals surface area contributed by atoms with E-state index >= 15 is 0 Å². The molecule has 1 aliphatic heterocycles. The van der Waals surface area contributed by atoms with Gasteiger partial charge in [0, 0.05) is 30.2 Å². The van der Waals surface area contributed by atoms with Crippen LogP contribution in [0.3, 0.4) is 0 Å². The summed E-state index contributed by atoms with van der Waals surface area (Å²) < 4.78 is 0. The van der Waals surface area contributed by atoms with Crippen molar-refractivity contribution in [3.8, 4) is 0 Å². The molecule has 2 aromatic rings. The quantitative estimate of drug-likeness (QED) is 0.885. The van der Waals surface area contributed by atoms with Crippen molar-refractivity contribution in [2.45, 2.75) is 25.3 Å². The minimum absolute atomic E-state index is 0.0655. The maximum Gasteiger partial charge on any atom is 0.225 e. The van der Waals surface area contributed by atoms with Crippen LogP contribution in [0.2, 0.25) is 0 Å². The number of nitrogens with one attached hydrogen (secondary N) is 2. The van der Waals surface area contributed by atoms with Crippen molar-refractivity contribution < 1.29 is 4.79 Å². The van der Waals surface area contributed by atoms with Gasteiger partial charge in [0.1, 0.15) is 0 Å². The molecular weight excluding hydrogens is 238 g/mol. The van der Waals surface area contributed by atoms with Crippen molar-refractivity contribution in [3.05, 3.63) is 36.7 Å². The molecule has 1 fully saturated rings. The van der Waals surface area contributed by atoms with Gasteiger partial charge in [0.15, 0.2) is 0 Å². The van der Waals surface area contributed by atoms with E-state index in [1.54, 1.807) is 12.4 Å². The van der Waals surface area contributed by atoms with Crippen molar-refractivity contribution in [2.75, 3.05) is 11.9 Å². The van der Waals surface area contributed by atoms with Gasteiger partial charge in [-0.05, 0) is 36.9 Å². The van der Waals surface area contributed by atoms with Crippen LogP contribution in [0.25, 0.3) is 10.8 Å². The summed E-state index contributed by atoms with van der Waals surface area (Å²) in [6.45, 7) is 1.02. The van der Waals surface area contributed by atoms with Gasteiger partial charge < -0.3 is 10.6 Å². The van der Waals surface area contributed by atoms with Gasteiger partial charge in [-0.2, -0.15) is 0 Å². The van der Waals surface area contributed by atoms with Gasteiger partial charge in [0.2, 0.25) is 5.91 Å². The molecule has 4 nitrogen and oxygen atoms in total. The lowest BCUT2D eigenvalue weighted by atomic mass is 10.1. The molecular formula is C15H17N3O. The molecule has 1 aliphatic rings. The van der Waals surface area contributed by atoms with Gasteiger partial charge >= 0.3 is 0 Å². The molecule has 0 spiro atoms. The zero-order chi connectivity index (χ0) is 13.1. The van der Waals surface area contributed by atoms with E-state index in [2.05, 4.69) is 15.6 Å². The second-order valence-corrected chi connectivity index (χ2v) is 4.95. The summed E-state index contributed by atoms with van der Waals surface area (Å²) in [6, 6.07) is 8.16. The van der Waals surface area contributed by atoms with E-state index in [1.807, 2.05) is 24.3 Å². The number of carbonyl (C=O) groups is 1.